The van der Waals surface area contributed by atoms with E-state index in [-0.39, 0.29) is 12.0 Å². The molecule has 0 spiro atoms. The summed E-state index contributed by atoms with van der Waals surface area (Å²) in [6.45, 7) is -3.07. The van der Waals surface area contributed by atoms with Gasteiger partial charge >= 0.3 is 6.61 Å². The molecule has 0 atom stereocenters. The molecule has 2 nitrogen and oxygen atoms in total. The Labute approximate surface area is 78.5 Å². The van der Waals surface area contributed by atoms with E-state index in [0.717, 1.165) is 6.07 Å². The Morgan fingerprint density at radius 2 is 2.14 bits per heavy atom. The summed E-state index contributed by atoms with van der Waals surface area (Å²) in [6.07, 6.45) is -0.174. The highest BCUT2D eigenvalue weighted by Crippen LogP contribution is 2.22. The molecule has 0 aliphatic carbocycles. The maximum absolute atomic E-state index is 13.2. The van der Waals surface area contributed by atoms with Gasteiger partial charge in [-0.1, -0.05) is 12.1 Å². The standard InChI is InChI=1S/C9H6F3NO/c10-8-6(4-5-13)2-1-3-7(8)14-9(11)12/h1-3,9H,4H2. The van der Waals surface area contributed by atoms with Crippen molar-refractivity contribution in [3.63, 3.8) is 0 Å². The van der Waals surface area contributed by atoms with Crippen molar-refractivity contribution in [2.24, 2.45) is 0 Å². The van der Waals surface area contributed by atoms with Crippen LogP contribution in [0.1, 0.15) is 5.56 Å². The summed E-state index contributed by atoms with van der Waals surface area (Å²) >= 11 is 0. The molecule has 0 amide bonds. The number of rotatable bonds is 3. The molecular weight excluding hydrogens is 195 g/mol. The Morgan fingerprint density at radius 1 is 1.43 bits per heavy atom. The summed E-state index contributed by atoms with van der Waals surface area (Å²) in [5.74, 6) is -1.44. The Hall–Kier alpha value is -1.70. The van der Waals surface area contributed by atoms with E-state index >= 15 is 0 Å². The molecule has 0 saturated carbocycles. The van der Waals surface area contributed by atoms with Crippen LogP contribution in [0.4, 0.5) is 13.2 Å². The normalized spacial score (nSPS) is 9.93. The van der Waals surface area contributed by atoms with Gasteiger partial charge < -0.3 is 4.74 Å². The van der Waals surface area contributed by atoms with Gasteiger partial charge in [-0.3, -0.25) is 0 Å². The number of benzene rings is 1. The van der Waals surface area contributed by atoms with E-state index in [2.05, 4.69) is 4.74 Å². The summed E-state index contributed by atoms with van der Waals surface area (Å²) in [7, 11) is 0. The quantitative estimate of drug-likeness (QED) is 0.752. The highest BCUT2D eigenvalue weighted by atomic mass is 19.3. The molecule has 0 bridgehead atoms. The predicted molar refractivity (Wildman–Crippen MR) is 42.3 cm³/mol. The number of hydrogen-bond donors (Lipinski definition) is 0. The average molecular weight is 201 g/mol. The van der Waals surface area contributed by atoms with Crippen LogP contribution in [0.15, 0.2) is 18.2 Å². The molecule has 0 aliphatic rings. The van der Waals surface area contributed by atoms with Crippen LogP contribution >= 0.6 is 0 Å². The van der Waals surface area contributed by atoms with Gasteiger partial charge in [-0.15, -0.1) is 0 Å². The van der Waals surface area contributed by atoms with Gasteiger partial charge in [-0.25, -0.2) is 4.39 Å². The number of ether oxygens (including phenoxy) is 1. The number of hydrogen-bond acceptors (Lipinski definition) is 2. The fraction of sp³-hybridized carbons (Fsp3) is 0.222. The van der Waals surface area contributed by atoms with Crippen molar-refractivity contribution < 1.29 is 17.9 Å². The Bertz CT molecular complexity index is 360. The zero-order chi connectivity index (χ0) is 10.6. The fourth-order valence-corrected chi connectivity index (χ4v) is 0.965. The van der Waals surface area contributed by atoms with Gasteiger partial charge in [0.15, 0.2) is 11.6 Å². The van der Waals surface area contributed by atoms with Crippen molar-refractivity contribution in [1.29, 1.82) is 5.26 Å². The van der Waals surface area contributed by atoms with E-state index in [1.807, 2.05) is 0 Å². The van der Waals surface area contributed by atoms with Crippen LogP contribution in [0.3, 0.4) is 0 Å². The first-order chi connectivity index (χ1) is 6.65. The number of alkyl halides is 2. The van der Waals surface area contributed by atoms with Crippen molar-refractivity contribution in [3.8, 4) is 11.8 Å². The lowest BCUT2D eigenvalue weighted by atomic mass is 10.1. The molecule has 0 aromatic heterocycles. The number of nitrogens with zero attached hydrogens (tertiary/aromatic N) is 1. The van der Waals surface area contributed by atoms with Crippen LogP contribution in [0.25, 0.3) is 0 Å². The third kappa shape index (κ3) is 2.39. The molecule has 1 aromatic carbocycles. The first kappa shape index (κ1) is 10.4. The smallest absolute Gasteiger partial charge is 0.387 e. The van der Waals surface area contributed by atoms with Crippen molar-refractivity contribution in [2.45, 2.75) is 13.0 Å². The van der Waals surface area contributed by atoms with Gasteiger partial charge in [0.1, 0.15) is 0 Å². The minimum absolute atomic E-state index is 0.0469. The third-order valence-electron chi connectivity index (χ3n) is 1.53. The van der Waals surface area contributed by atoms with E-state index in [0.29, 0.717) is 0 Å². The second-order valence-electron chi connectivity index (χ2n) is 2.44. The predicted octanol–water partition coefficient (Wildman–Crippen LogP) is 2.49. The summed E-state index contributed by atoms with van der Waals surface area (Å²) in [4.78, 5) is 0. The van der Waals surface area contributed by atoms with E-state index < -0.39 is 18.2 Å². The Morgan fingerprint density at radius 3 is 2.71 bits per heavy atom. The van der Waals surface area contributed by atoms with Gasteiger partial charge in [0.05, 0.1) is 12.5 Å². The van der Waals surface area contributed by atoms with Crippen LogP contribution < -0.4 is 4.74 Å². The molecule has 1 aromatic rings. The third-order valence-corrected chi connectivity index (χ3v) is 1.53. The number of halogens is 3. The molecule has 1 rings (SSSR count). The highest BCUT2D eigenvalue weighted by molar-refractivity contribution is 5.32. The lowest BCUT2D eigenvalue weighted by Crippen LogP contribution is -2.04. The first-order valence-corrected chi connectivity index (χ1v) is 3.74. The van der Waals surface area contributed by atoms with Gasteiger partial charge in [-0.05, 0) is 6.07 Å². The van der Waals surface area contributed by atoms with Gasteiger partial charge in [0.25, 0.3) is 0 Å². The van der Waals surface area contributed by atoms with E-state index in [9.17, 15) is 13.2 Å². The zero-order valence-corrected chi connectivity index (χ0v) is 7.01. The molecule has 0 aliphatic heterocycles. The molecule has 5 heteroatoms. The molecule has 74 valence electrons. The van der Waals surface area contributed by atoms with Crippen molar-refractivity contribution in [1.82, 2.24) is 0 Å². The Kier molecular flexibility index (Phi) is 3.35. The van der Waals surface area contributed by atoms with Crippen LogP contribution in [0.5, 0.6) is 5.75 Å². The minimum Gasteiger partial charge on any atom is -0.432 e. The number of nitriles is 1. The van der Waals surface area contributed by atoms with Crippen molar-refractivity contribution in [3.05, 3.63) is 29.6 Å². The molecule has 14 heavy (non-hydrogen) atoms. The first-order valence-electron chi connectivity index (χ1n) is 3.74. The molecule has 0 radical (unpaired) electrons. The van der Waals surface area contributed by atoms with E-state index in [4.69, 9.17) is 5.26 Å². The van der Waals surface area contributed by atoms with Gasteiger partial charge in [0, 0.05) is 5.56 Å². The second-order valence-corrected chi connectivity index (χ2v) is 2.44. The SMILES string of the molecule is N#CCc1cccc(OC(F)F)c1F. The highest BCUT2D eigenvalue weighted by Gasteiger charge is 2.12. The topological polar surface area (TPSA) is 33.0 Å². The lowest BCUT2D eigenvalue weighted by Gasteiger charge is -2.06. The fourth-order valence-electron chi connectivity index (χ4n) is 0.965. The minimum atomic E-state index is -3.07. The summed E-state index contributed by atoms with van der Waals surface area (Å²) in [6, 6.07) is 5.51. The second kappa shape index (κ2) is 4.51. The maximum atomic E-state index is 13.2. The van der Waals surface area contributed by atoms with Crippen LogP contribution in [-0.4, -0.2) is 6.61 Å². The summed E-state index contributed by atoms with van der Waals surface area (Å²) in [5, 5.41) is 8.31. The maximum Gasteiger partial charge on any atom is 0.387 e. The molecular formula is C9H6F3NO. The molecule has 0 unspecified atom stereocenters. The molecule has 0 N–H and O–H groups in total. The van der Waals surface area contributed by atoms with E-state index in [1.165, 1.54) is 12.1 Å². The van der Waals surface area contributed by atoms with Gasteiger partial charge in [0.2, 0.25) is 0 Å². The lowest BCUT2D eigenvalue weighted by molar-refractivity contribution is -0.0522. The zero-order valence-electron chi connectivity index (χ0n) is 7.01. The molecule has 0 heterocycles. The monoisotopic (exact) mass is 201 g/mol. The molecule has 0 saturated heterocycles. The van der Waals surface area contributed by atoms with Crippen LogP contribution in [0.2, 0.25) is 0 Å². The van der Waals surface area contributed by atoms with Crippen molar-refractivity contribution >= 4 is 0 Å². The summed E-state index contributed by atoms with van der Waals surface area (Å²) < 4.78 is 40.7. The van der Waals surface area contributed by atoms with Crippen LogP contribution in [-0.2, 0) is 6.42 Å². The average Bonchev–Trinajstić information content (AvgIpc) is 2.11. The largest absolute Gasteiger partial charge is 0.432 e. The van der Waals surface area contributed by atoms with Crippen molar-refractivity contribution in [2.75, 3.05) is 0 Å². The Balaban J connectivity index is 2.96. The molecule has 0 fully saturated rings. The summed E-state index contributed by atoms with van der Waals surface area (Å²) in [5.41, 5.74) is 0.0469. The van der Waals surface area contributed by atoms with Gasteiger partial charge in [-0.2, -0.15) is 14.0 Å². The van der Waals surface area contributed by atoms with Crippen LogP contribution in [0, 0.1) is 17.1 Å². The van der Waals surface area contributed by atoms with E-state index in [1.54, 1.807) is 6.07 Å².